The van der Waals surface area contributed by atoms with Crippen molar-refractivity contribution in [3.8, 4) is 0 Å². The summed E-state index contributed by atoms with van der Waals surface area (Å²) >= 11 is 0. The zero-order valence-electron chi connectivity index (χ0n) is 6.72. The first-order chi connectivity index (χ1) is 4.39. The van der Waals surface area contributed by atoms with E-state index in [-0.39, 0.29) is 0 Å². The van der Waals surface area contributed by atoms with E-state index in [4.69, 9.17) is 0 Å². The highest BCUT2D eigenvalue weighted by Gasteiger charge is 2.00. The lowest BCUT2D eigenvalue weighted by Gasteiger charge is -2.07. The Hall–Kier alpha value is -0.330. The minimum absolute atomic E-state index is 0.744. The molecule has 0 saturated carbocycles. The van der Waals surface area contributed by atoms with E-state index < -0.39 is 0 Å². The van der Waals surface area contributed by atoms with Gasteiger partial charge in [0.1, 0.15) is 0 Å². The predicted molar refractivity (Wildman–Crippen MR) is 43.1 cm³/mol. The maximum Gasteiger partial charge on any atom is 0.0385 e. The van der Waals surface area contributed by atoms with E-state index in [2.05, 4.69) is 18.1 Å². The first-order valence-electron chi connectivity index (χ1n) is 3.89. The lowest BCUT2D eigenvalue weighted by molar-refractivity contribution is 0.622. The second-order valence-corrected chi connectivity index (χ2v) is 2.17. The van der Waals surface area contributed by atoms with Gasteiger partial charge < -0.3 is 0 Å². The van der Waals surface area contributed by atoms with Gasteiger partial charge in [-0.3, -0.25) is 4.99 Å². The Kier molecular flexibility index (Phi) is 5.59. The van der Waals surface area contributed by atoms with Crippen LogP contribution in [0.3, 0.4) is 0 Å². The van der Waals surface area contributed by atoms with Gasteiger partial charge >= 0.3 is 0 Å². The fourth-order valence-electron chi connectivity index (χ4n) is 0.834. The molecule has 1 unspecified atom stereocenters. The minimum Gasteiger partial charge on any atom is -0.297 e. The summed E-state index contributed by atoms with van der Waals surface area (Å²) in [5.41, 5.74) is 0. The molecule has 1 heterocycles. The van der Waals surface area contributed by atoms with Gasteiger partial charge in [-0.2, -0.15) is 0 Å². The van der Waals surface area contributed by atoms with Crippen molar-refractivity contribution in [1.82, 2.24) is 0 Å². The molecule has 1 atom stereocenters. The molecule has 1 rings (SSSR count). The topological polar surface area (TPSA) is 12.4 Å². The molecular weight excluding hydrogens is 110 g/mol. The summed E-state index contributed by atoms with van der Waals surface area (Å²) in [5, 5.41) is 0. The van der Waals surface area contributed by atoms with Crippen LogP contribution in [0.2, 0.25) is 0 Å². The molecule has 0 fully saturated rings. The van der Waals surface area contributed by atoms with Crippen LogP contribution >= 0.6 is 0 Å². The normalized spacial score (nSPS) is 24.6. The van der Waals surface area contributed by atoms with Crippen LogP contribution in [-0.2, 0) is 0 Å². The van der Waals surface area contributed by atoms with Crippen LogP contribution in [0.1, 0.15) is 33.6 Å². The molecule has 54 valence electrons. The summed E-state index contributed by atoms with van der Waals surface area (Å²) in [6, 6.07) is 0. The zero-order valence-corrected chi connectivity index (χ0v) is 6.72. The first-order valence-corrected chi connectivity index (χ1v) is 3.89. The third-order valence-corrected chi connectivity index (χ3v) is 1.31. The van der Waals surface area contributed by atoms with Crippen LogP contribution in [0.5, 0.6) is 0 Å². The maximum absolute atomic E-state index is 4.13. The molecule has 0 aromatic heterocycles. The zero-order chi connectivity index (χ0) is 7.11. The lowest BCUT2D eigenvalue weighted by Crippen LogP contribution is -2.02. The molecule has 9 heavy (non-hydrogen) atoms. The van der Waals surface area contributed by atoms with Gasteiger partial charge in [0.2, 0.25) is 0 Å². The maximum atomic E-state index is 4.13. The van der Waals surface area contributed by atoms with Gasteiger partial charge in [-0.15, -0.1) is 0 Å². The summed E-state index contributed by atoms with van der Waals surface area (Å²) in [4.78, 5) is 4.13. The molecule has 0 amide bonds. The SMILES string of the molecule is CC.CC1C=NCCC1. The quantitative estimate of drug-likeness (QED) is 0.474. The summed E-state index contributed by atoms with van der Waals surface area (Å²) < 4.78 is 0. The van der Waals surface area contributed by atoms with E-state index in [1.165, 1.54) is 12.8 Å². The van der Waals surface area contributed by atoms with Crippen molar-refractivity contribution in [2.75, 3.05) is 6.54 Å². The van der Waals surface area contributed by atoms with E-state index in [0.29, 0.717) is 0 Å². The highest BCUT2D eigenvalue weighted by Crippen LogP contribution is 2.06. The molecule has 1 nitrogen and oxygen atoms in total. The Balaban J connectivity index is 0.000000291. The van der Waals surface area contributed by atoms with Crippen LogP contribution in [0.4, 0.5) is 0 Å². The number of rotatable bonds is 0. The molecule has 0 aliphatic carbocycles. The average molecular weight is 127 g/mol. The van der Waals surface area contributed by atoms with Crippen molar-refractivity contribution in [1.29, 1.82) is 0 Å². The van der Waals surface area contributed by atoms with Crippen molar-refractivity contribution in [2.45, 2.75) is 33.6 Å². The van der Waals surface area contributed by atoms with Crippen molar-refractivity contribution in [2.24, 2.45) is 10.9 Å². The van der Waals surface area contributed by atoms with Gasteiger partial charge in [0.15, 0.2) is 0 Å². The number of nitrogens with zero attached hydrogens (tertiary/aromatic N) is 1. The standard InChI is InChI=1S/C6H11N.C2H6/c1-6-3-2-4-7-5-6;1-2/h5-6H,2-4H2,1H3;1-2H3. The lowest BCUT2D eigenvalue weighted by atomic mass is 10.1. The van der Waals surface area contributed by atoms with Crippen molar-refractivity contribution < 1.29 is 0 Å². The van der Waals surface area contributed by atoms with E-state index >= 15 is 0 Å². The molecule has 1 heteroatoms. The Morgan fingerprint density at radius 2 is 2.11 bits per heavy atom. The van der Waals surface area contributed by atoms with Gasteiger partial charge in [0.25, 0.3) is 0 Å². The summed E-state index contributed by atoms with van der Waals surface area (Å²) in [6.07, 6.45) is 4.69. The smallest absolute Gasteiger partial charge is 0.0385 e. The second kappa shape index (κ2) is 5.80. The molecule has 0 bridgehead atoms. The molecule has 0 spiro atoms. The van der Waals surface area contributed by atoms with E-state index in [1.54, 1.807) is 0 Å². The number of hydrogen-bond donors (Lipinski definition) is 0. The van der Waals surface area contributed by atoms with Crippen molar-refractivity contribution in [3.05, 3.63) is 0 Å². The van der Waals surface area contributed by atoms with Gasteiger partial charge in [-0.05, 0) is 18.8 Å². The van der Waals surface area contributed by atoms with Crippen LogP contribution in [-0.4, -0.2) is 12.8 Å². The van der Waals surface area contributed by atoms with Gasteiger partial charge in [0.05, 0.1) is 0 Å². The summed E-state index contributed by atoms with van der Waals surface area (Å²) in [5.74, 6) is 0.744. The van der Waals surface area contributed by atoms with Crippen molar-refractivity contribution >= 4 is 6.21 Å². The van der Waals surface area contributed by atoms with Gasteiger partial charge in [-0.25, -0.2) is 0 Å². The minimum atomic E-state index is 0.744. The van der Waals surface area contributed by atoms with Gasteiger partial charge in [0, 0.05) is 12.8 Å². The predicted octanol–water partition coefficient (Wildman–Crippen LogP) is 2.51. The molecule has 0 radical (unpaired) electrons. The monoisotopic (exact) mass is 127 g/mol. The fraction of sp³-hybridized carbons (Fsp3) is 0.875. The van der Waals surface area contributed by atoms with Gasteiger partial charge in [-0.1, -0.05) is 20.8 Å². The van der Waals surface area contributed by atoms with Crippen LogP contribution < -0.4 is 0 Å². The molecular formula is C8H17N. The van der Waals surface area contributed by atoms with E-state index in [9.17, 15) is 0 Å². The Labute approximate surface area is 58.2 Å². The Morgan fingerprint density at radius 1 is 1.44 bits per heavy atom. The highest BCUT2D eigenvalue weighted by atomic mass is 14.7. The van der Waals surface area contributed by atoms with Crippen LogP contribution in [0, 0.1) is 5.92 Å². The first kappa shape index (κ1) is 8.67. The Bertz CT molecular complexity index is 76.6. The summed E-state index contributed by atoms with van der Waals surface area (Å²) in [7, 11) is 0. The average Bonchev–Trinajstić information content (AvgIpc) is 1.94. The highest BCUT2D eigenvalue weighted by molar-refractivity contribution is 5.60. The molecule has 1 aliphatic heterocycles. The largest absolute Gasteiger partial charge is 0.297 e. The molecule has 0 N–H and O–H groups in total. The molecule has 0 aromatic rings. The Morgan fingerprint density at radius 3 is 2.33 bits per heavy atom. The molecule has 0 aromatic carbocycles. The second-order valence-electron chi connectivity index (χ2n) is 2.17. The third kappa shape index (κ3) is 4.19. The molecule has 1 aliphatic rings. The van der Waals surface area contributed by atoms with Crippen LogP contribution in [0.25, 0.3) is 0 Å². The van der Waals surface area contributed by atoms with Crippen molar-refractivity contribution in [3.63, 3.8) is 0 Å². The third-order valence-electron chi connectivity index (χ3n) is 1.31. The fourth-order valence-corrected chi connectivity index (χ4v) is 0.834. The number of aliphatic imine (C=N–C) groups is 1. The summed E-state index contributed by atoms with van der Waals surface area (Å²) in [6.45, 7) is 7.27. The van der Waals surface area contributed by atoms with E-state index in [1.807, 2.05) is 13.8 Å². The van der Waals surface area contributed by atoms with E-state index in [0.717, 1.165) is 12.5 Å². The number of hydrogen-bond acceptors (Lipinski definition) is 1. The van der Waals surface area contributed by atoms with Crippen LogP contribution in [0.15, 0.2) is 4.99 Å². The molecule has 0 saturated heterocycles.